The van der Waals surface area contributed by atoms with E-state index in [0.29, 0.717) is 12.3 Å². The standard InChI is InChI=1S/C15H19N3O2S.2ClH/c1-10-13(17-15(20-10)11-4-7-21-9-11)8-14(19)18-5-2-12(16)3-6-18;;/h4,7,9,12H,2-3,5-6,8,16H2,1H3;2*1H. The van der Waals surface area contributed by atoms with Crippen molar-refractivity contribution >= 4 is 42.1 Å². The van der Waals surface area contributed by atoms with Gasteiger partial charge in [0.1, 0.15) is 5.76 Å². The lowest BCUT2D eigenvalue weighted by molar-refractivity contribution is -0.131. The van der Waals surface area contributed by atoms with Crippen LogP contribution in [0.15, 0.2) is 21.2 Å². The van der Waals surface area contributed by atoms with Gasteiger partial charge in [-0.25, -0.2) is 4.98 Å². The van der Waals surface area contributed by atoms with Crippen LogP contribution in [-0.2, 0) is 11.2 Å². The molecule has 0 saturated carbocycles. The minimum Gasteiger partial charge on any atom is -0.441 e. The van der Waals surface area contributed by atoms with Crippen LogP contribution < -0.4 is 5.73 Å². The van der Waals surface area contributed by atoms with Crippen molar-refractivity contribution in [2.75, 3.05) is 13.1 Å². The van der Waals surface area contributed by atoms with Crippen LogP contribution in [0.1, 0.15) is 24.3 Å². The van der Waals surface area contributed by atoms with Crippen LogP contribution in [0.3, 0.4) is 0 Å². The van der Waals surface area contributed by atoms with Gasteiger partial charge in [-0.3, -0.25) is 4.79 Å². The maximum atomic E-state index is 12.3. The number of thiophene rings is 1. The number of hydrogen-bond acceptors (Lipinski definition) is 5. The summed E-state index contributed by atoms with van der Waals surface area (Å²) in [6, 6.07) is 2.20. The van der Waals surface area contributed by atoms with Gasteiger partial charge in [0.2, 0.25) is 11.8 Å². The quantitative estimate of drug-likeness (QED) is 0.891. The SMILES string of the molecule is Cc1oc(-c2ccsc2)nc1CC(=O)N1CCC(N)CC1.Cl.Cl. The topological polar surface area (TPSA) is 72.4 Å². The Hall–Kier alpha value is -1.08. The van der Waals surface area contributed by atoms with Crippen molar-refractivity contribution < 1.29 is 9.21 Å². The number of aromatic nitrogens is 1. The van der Waals surface area contributed by atoms with Gasteiger partial charge in [-0.1, -0.05) is 0 Å². The summed E-state index contributed by atoms with van der Waals surface area (Å²) in [5.74, 6) is 1.42. The molecule has 3 rings (SSSR count). The maximum Gasteiger partial charge on any atom is 0.228 e. The molecule has 5 nitrogen and oxygen atoms in total. The van der Waals surface area contributed by atoms with Crippen molar-refractivity contribution in [3.63, 3.8) is 0 Å². The van der Waals surface area contributed by atoms with Crippen LogP contribution >= 0.6 is 36.2 Å². The van der Waals surface area contributed by atoms with Crippen molar-refractivity contribution in [2.45, 2.75) is 32.2 Å². The number of halogens is 2. The molecule has 3 heterocycles. The minimum absolute atomic E-state index is 0. The van der Waals surface area contributed by atoms with Crippen LogP contribution in [-0.4, -0.2) is 34.9 Å². The summed E-state index contributed by atoms with van der Waals surface area (Å²) in [4.78, 5) is 18.7. The first-order valence-electron chi connectivity index (χ1n) is 7.15. The molecule has 2 N–H and O–H groups in total. The summed E-state index contributed by atoms with van der Waals surface area (Å²) in [6.07, 6.45) is 2.06. The molecule has 0 radical (unpaired) electrons. The Bertz CT molecular complexity index is 623. The molecule has 0 spiro atoms. The molecule has 2 aromatic rings. The van der Waals surface area contributed by atoms with Crippen LogP contribution in [0.5, 0.6) is 0 Å². The molecule has 1 saturated heterocycles. The van der Waals surface area contributed by atoms with E-state index < -0.39 is 0 Å². The van der Waals surface area contributed by atoms with Gasteiger partial charge in [0.15, 0.2) is 0 Å². The number of nitrogens with zero attached hydrogens (tertiary/aromatic N) is 2. The minimum atomic E-state index is 0. The van der Waals surface area contributed by atoms with E-state index in [1.165, 1.54) is 0 Å². The zero-order valence-electron chi connectivity index (χ0n) is 12.9. The molecule has 2 aromatic heterocycles. The Balaban J connectivity index is 0.00000132. The molecule has 0 atom stereocenters. The number of aryl methyl sites for hydroxylation is 1. The Morgan fingerprint density at radius 2 is 2.13 bits per heavy atom. The lowest BCUT2D eigenvalue weighted by atomic mass is 10.1. The summed E-state index contributed by atoms with van der Waals surface area (Å²) in [7, 11) is 0. The first-order valence-corrected chi connectivity index (χ1v) is 8.10. The highest BCUT2D eigenvalue weighted by molar-refractivity contribution is 7.08. The monoisotopic (exact) mass is 377 g/mol. The number of carbonyl (C=O) groups excluding carboxylic acids is 1. The molecule has 128 valence electrons. The first-order chi connectivity index (χ1) is 10.1. The summed E-state index contributed by atoms with van der Waals surface area (Å²) in [5.41, 5.74) is 7.56. The van der Waals surface area contributed by atoms with E-state index in [4.69, 9.17) is 10.2 Å². The lowest BCUT2D eigenvalue weighted by Gasteiger charge is -2.30. The Labute approximate surface area is 152 Å². The van der Waals surface area contributed by atoms with Crippen LogP contribution in [0.4, 0.5) is 0 Å². The van der Waals surface area contributed by atoms with Crippen molar-refractivity contribution in [3.05, 3.63) is 28.3 Å². The first kappa shape index (κ1) is 20.0. The summed E-state index contributed by atoms with van der Waals surface area (Å²) < 4.78 is 5.67. The van der Waals surface area contributed by atoms with Gasteiger partial charge < -0.3 is 15.1 Å². The van der Waals surface area contributed by atoms with E-state index >= 15 is 0 Å². The van der Waals surface area contributed by atoms with Gasteiger partial charge in [-0.2, -0.15) is 11.3 Å². The molecule has 0 aliphatic carbocycles. The molecule has 1 amide bonds. The largest absolute Gasteiger partial charge is 0.441 e. The Morgan fingerprint density at radius 3 is 2.74 bits per heavy atom. The lowest BCUT2D eigenvalue weighted by Crippen LogP contribution is -2.43. The van der Waals surface area contributed by atoms with E-state index in [1.54, 1.807) is 11.3 Å². The third kappa shape index (κ3) is 4.70. The summed E-state index contributed by atoms with van der Waals surface area (Å²) in [6.45, 7) is 3.35. The molecule has 1 aliphatic rings. The zero-order valence-corrected chi connectivity index (χ0v) is 15.3. The second kappa shape index (κ2) is 8.68. The normalized spacial score (nSPS) is 15.0. The molecule has 0 unspecified atom stereocenters. The fraction of sp³-hybridized carbons (Fsp3) is 0.467. The Kier molecular flexibility index (Phi) is 7.54. The van der Waals surface area contributed by atoms with Crippen molar-refractivity contribution in [2.24, 2.45) is 5.73 Å². The zero-order chi connectivity index (χ0) is 14.8. The molecule has 23 heavy (non-hydrogen) atoms. The van der Waals surface area contributed by atoms with Crippen LogP contribution in [0.2, 0.25) is 0 Å². The van der Waals surface area contributed by atoms with E-state index in [9.17, 15) is 4.79 Å². The van der Waals surface area contributed by atoms with Gasteiger partial charge in [-0.05, 0) is 31.2 Å². The number of nitrogens with two attached hydrogens (primary N) is 1. The fourth-order valence-electron chi connectivity index (χ4n) is 2.51. The Morgan fingerprint density at radius 1 is 1.43 bits per heavy atom. The number of piperidine rings is 1. The van der Waals surface area contributed by atoms with E-state index in [0.717, 1.165) is 42.9 Å². The maximum absolute atomic E-state index is 12.3. The van der Waals surface area contributed by atoms with E-state index in [2.05, 4.69) is 4.98 Å². The number of hydrogen-bond donors (Lipinski definition) is 1. The van der Waals surface area contributed by atoms with Gasteiger partial charge in [0.25, 0.3) is 0 Å². The number of rotatable bonds is 3. The molecule has 8 heteroatoms. The fourth-order valence-corrected chi connectivity index (χ4v) is 3.14. The van der Waals surface area contributed by atoms with Crippen molar-refractivity contribution in [1.82, 2.24) is 9.88 Å². The molecule has 0 aromatic carbocycles. The van der Waals surface area contributed by atoms with Gasteiger partial charge in [-0.15, -0.1) is 24.8 Å². The highest BCUT2D eigenvalue weighted by Crippen LogP contribution is 2.24. The number of carbonyl (C=O) groups is 1. The van der Waals surface area contributed by atoms with Gasteiger partial charge >= 0.3 is 0 Å². The molecular weight excluding hydrogens is 357 g/mol. The van der Waals surface area contributed by atoms with Crippen molar-refractivity contribution in [3.8, 4) is 11.5 Å². The second-order valence-electron chi connectivity index (χ2n) is 5.43. The molecule has 1 fully saturated rings. The van der Waals surface area contributed by atoms with Crippen LogP contribution in [0.25, 0.3) is 11.5 Å². The van der Waals surface area contributed by atoms with Crippen LogP contribution in [0, 0.1) is 6.92 Å². The predicted molar refractivity (Wildman–Crippen MR) is 96.5 cm³/mol. The highest BCUT2D eigenvalue weighted by atomic mass is 35.5. The summed E-state index contributed by atoms with van der Waals surface area (Å²) >= 11 is 1.60. The predicted octanol–water partition coefficient (Wildman–Crippen LogP) is 3.05. The second-order valence-corrected chi connectivity index (χ2v) is 6.21. The third-order valence-electron chi connectivity index (χ3n) is 3.87. The number of oxazole rings is 1. The smallest absolute Gasteiger partial charge is 0.228 e. The third-order valence-corrected chi connectivity index (χ3v) is 4.56. The van der Waals surface area contributed by atoms with E-state index in [-0.39, 0.29) is 36.8 Å². The summed E-state index contributed by atoms with van der Waals surface area (Å²) in [5, 5.41) is 3.97. The molecule has 1 aliphatic heterocycles. The van der Waals surface area contributed by atoms with Crippen molar-refractivity contribution in [1.29, 1.82) is 0 Å². The molecule has 0 bridgehead atoms. The molecular formula is C15H21Cl2N3O2S. The number of likely N-dealkylation sites (tertiary alicyclic amines) is 1. The number of amides is 1. The van der Waals surface area contributed by atoms with Gasteiger partial charge in [0, 0.05) is 30.1 Å². The average molecular weight is 378 g/mol. The van der Waals surface area contributed by atoms with Gasteiger partial charge in [0.05, 0.1) is 12.1 Å². The highest BCUT2D eigenvalue weighted by Gasteiger charge is 2.23. The van der Waals surface area contributed by atoms with E-state index in [1.807, 2.05) is 28.7 Å². The average Bonchev–Trinajstić information content (AvgIpc) is 3.10.